The summed E-state index contributed by atoms with van der Waals surface area (Å²) in [5, 5.41) is 0. The molecule has 0 unspecified atom stereocenters. The molecule has 108 valence electrons. The zero-order valence-electron chi connectivity index (χ0n) is 11.7. The van der Waals surface area contributed by atoms with Gasteiger partial charge in [0, 0.05) is 5.69 Å². The molecule has 0 saturated heterocycles. The van der Waals surface area contributed by atoms with E-state index in [4.69, 9.17) is 11.3 Å². The fourth-order valence-corrected chi connectivity index (χ4v) is 2.36. The molecule has 0 radical (unpaired) electrons. The predicted molar refractivity (Wildman–Crippen MR) is 73.8 cm³/mol. The third kappa shape index (κ3) is 1.90. The molecule has 2 aromatic heterocycles. The van der Waals surface area contributed by atoms with Gasteiger partial charge in [-0.3, -0.25) is 0 Å². The second kappa shape index (κ2) is 4.71. The normalized spacial score (nSPS) is 13.8. The first-order valence-electron chi connectivity index (χ1n) is 6.41. The first-order chi connectivity index (χ1) is 10.0. The number of aryl methyl sites for hydroxylation is 2. The van der Waals surface area contributed by atoms with Crippen molar-refractivity contribution in [3.05, 3.63) is 49.7 Å². The SMILES string of the molecule is [C-]#[N+]c1cc(C)c(-n2c(=O)n3n(c2=O)COCC3)nc1C. The summed E-state index contributed by atoms with van der Waals surface area (Å²) in [5.41, 5.74) is 0.591. The van der Waals surface area contributed by atoms with E-state index in [9.17, 15) is 9.59 Å². The first kappa shape index (κ1) is 13.3. The van der Waals surface area contributed by atoms with Gasteiger partial charge in [0.15, 0.2) is 0 Å². The van der Waals surface area contributed by atoms with E-state index in [0.29, 0.717) is 30.1 Å². The number of pyridine rings is 1. The van der Waals surface area contributed by atoms with E-state index >= 15 is 0 Å². The number of ether oxygens (including phenoxy) is 1. The molecule has 0 N–H and O–H groups in total. The van der Waals surface area contributed by atoms with Crippen LogP contribution in [0.3, 0.4) is 0 Å². The Morgan fingerprint density at radius 1 is 1.29 bits per heavy atom. The Morgan fingerprint density at radius 3 is 2.67 bits per heavy atom. The topological polar surface area (TPSA) is 75.4 Å². The van der Waals surface area contributed by atoms with Gasteiger partial charge in [-0.2, -0.15) is 4.57 Å². The minimum atomic E-state index is -0.481. The second-order valence-electron chi connectivity index (χ2n) is 4.81. The monoisotopic (exact) mass is 287 g/mol. The van der Waals surface area contributed by atoms with Crippen LogP contribution in [-0.2, 0) is 18.0 Å². The highest BCUT2D eigenvalue weighted by Crippen LogP contribution is 2.21. The molecular weight excluding hydrogens is 274 g/mol. The number of nitrogens with zero attached hydrogens (tertiary/aromatic N) is 5. The third-order valence-corrected chi connectivity index (χ3v) is 3.46. The summed E-state index contributed by atoms with van der Waals surface area (Å²) in [6, 6.07) is 1.63. The van der Waals surface area contributed by atoms with Crippen LogP contribution in [0.4, 0.5) is 5.69 Å². The molecule has 8 nitrogen and oxygen atoms in total. The van der Waals surface area contributed by atoms with Crippen molar-refractivity contribution in [1.82, 2.24) is 18.9 Å². The first-order valence-corrected chi connectivity index (χ1v) is 6.41. The quantitative estimate of drug-likeness (QED) is 0.709. The van der Waals surface area contributed by atoms with Crippen LogP contribution in [0.15, 0.2) is 15.7 Å². The Balaban J connectivity index is 2.30. The molecular formula is C13H13N5O3. The average molecular weight is 287 g/mol. The number of hydrogen-bond donors (Lipinski definition) is 0. The van der Waals surface area contributed by atoms with Crippen molar-refractivity contribution in [3.8, 4) is 5.82 Å². The Morgan fingerprint density at radius 2 is 2.00 bits per heavy atom. The lowest BCUT2D eigenvalue weighted by Gasteiger charge is -2.14. The van der Waals surface area contributed by atoms with Gasteiger partial charge in [-0.1, -0.05) is 0 Å². The summed E-state index contributed by atoms with van der Waals surface area (Å²) in [6.45, 7) is 11.3. The number of fused-ring (bicyclic) bond motifs is 1. The van der Waals surface area contributed by atoms with Crippen molar-refractivity contribution in [2.45, 2.75) is 27.1 Å². The van der Waals surface area contributed by atoms with Crippen molar-refractivity contribution in [2.75, 3.05) is 6.61 Å². The summed E-state index contributed by atoms with van der Waals surface area (Å²) in [4.78, 5) is 32.4. The minimum absolute atomic E-state index is 0.0548. The van der Waals surface area contributed by atoms with Crippen molar-refractivity contribution in [1.29, 1.82) is 0 Å². The van der Waals surface area contributed by atoms with E-state index in [2.05, 4.69) is 9.83 Å². The Kier molecular flexibility index (Phi) is 2.99. The average Bonchev–Trinajstić information content (AvgIpc) is 2.74. The minimum Gasteiger partial charge on any atom is -0.357 e. The van der Waals surface area contributed by atoms with E-state index in [1.165, 1.54) is 9.36 Å². The fourth-order valence-electron chi connectivity index (χ4n) is 2.36. The molecule has 3 rings (SSSR count). The highest BCUT2D eigenvalue weighted by atomic mass is 16.5. The molecule has 0 atom stereocenters. The van der Waals surface area contributed by atoms with Crippen LogP contribution in [0.2, 0.25) is 0 Å². The molecule has 8 heteroatoms. The molecule has 0 fully saturated rings. The molecule has 0 amide bonds. The smallest absolute Gasteiger partial charge is 0.355 e. The summed E-state index contributed by atoms with van der Waals surface area (Å²) in [7, 11) is 0. The second-order valence-corrected chi connectivity index (χ2v) is 4.81. The van der Waals surface area contributed by atoms with Crippen LogP contribution in [0.25, 0.3) is 10.7 Å². The van der Waals surface area contributed by atoms with Crippen molar-refractivity contribution < 1.29 is 4.74 Å². The Hall–Kier alpha value is -2.66. The Labute approximate surface area is 119 Å². The van der Waals surface area contributed by atoms with Crippen LogP contribution in [0.1, 0.15) is 11.3 Å². The lowest BCUT2D eigenvalue weighted by molar-refractivity contribution is 0.0119. The van der Waals surface area contributed by atoms with Gasteiger partial charge >= 0.3 is 11.4 Å². The van der Waals surface area contributed by atoms with Gasteiger partial charge in [-0.25, -0.2) is 28.8 Å². The van der Waals surface area contributed by atoms with E-state index in [1.54, 1.807) is 19.9 Å². The van der Waals surface area contributed by atoms with Gasteiger partial charge < -0.3 is 4.74 Å². The number of hydrogen-bond acceptors (Lipinski definition) is 4. The maximum Gasteiger partial charge on any atom is 0.355 e. The molecule has 0 spiro atoms. The standard InChI is InChI=1S/C13H13N5O3/c1-8-6-10(14-3)9(2)15-11(8)18-12(19)16-4-5-21-7-17(16)13(18)20/h6H,4-5,7H2,1-2H3. The van der Waals surface area contributed by atoms with Gasteiger partial charge in [0.2, 0.25) is 5.69 Å². The van der Waals surface area contributed by atoms with Crippen LogP contribution in [-0.4, -0.2) is 25.5 Å². The van der Waals surface area contributed by atoms with E-state index in [1.807, 2.05) is 0 Å². The largest absolute Gasteiger partial charge is 0.357 e. The molecule has 0 bridgehead atoms. The van der Waals surface area contributed by atoms with Gasteiger partial charge in [0.05, 0.1) is 19.7 Å². The zero-order valence-corrected chi connectivity index (χ0v) is 11.7. The fraction of sp³-hybridized carbons (Fsp3) is 0.385. The van der Waals surface area contributed by atoms with Gasteiger partial charge in [-0.15, -0.1) is 0 Å². The molecule has 0 aliphatic carbocycles. The van der Waals surface area contributed by atoms with Crippen molar-refractivity contribution in [2.24, 2.45) is 0 Å². The number of rotatable bonds is 1. The van der Waals surface area contributed by atoms with Crippen molar-refractivity contribution >= 4 is 5.69 Å². The molecule has 2 aromatic rings. The molecule has 0 aromatic carbocycles. The van der Waals surface area contributed by atoms with Gasteiger partial charge in [0.25, 0.3) is 0 Å². The van der Waals surface area contributed by atoms with Crippen molar-refractivity contribution in [3.63, 3.8) is 0 Å². The molecule has 1 aliphatic rings. The zero-order chi connectivity index (χ0) is 15.1. The lowest BCUT2D eigenvalue weighted by atomic mass is 10.2. The molecule has 0 saturated carbocycles. The van der Waals surface area contributed by atoms with Gasteiger partial charge in [0.1, 0.15) is 12.5 Å². The van der Waals surface area contributed by atoms with Gasteiger partial charge in [-0.05, 0) is 25.5 Å². The number of aromatic nitrogens is 4. The maximum absolute atomic E-state index is 12.4. The molecule has 1 aliphatic heterocycles. The Bertz CT molecular complexity index is 843. The van der Waals surface area contributed by atoms with E-state index in [0.717, 1.165) is 4.57 Å². The molecule has 21 heavy (non-hydrogen) atoms. The van der Waals surface area contributed by atoms with Crippen LogP contribution in [0.5, 0.6) is 0 Å². The summed E-state index contributed by atoms with van der Waals surface area (Å²) >= 11 is 0. The molecule has 3 heterocycles. The third-order valence-electron chi connectivity index (χ3n) is 3.46. The predicted octanol–water partition coefficient (Wildman–Crippen LogP) is 0.351. The van der Waals surface area contributed by atoms with Crippen LogP contribution in [0, 0.1) is 20.4 Å². The summed E-state index contributed by atoms with van der Waals surface area (Å²) in [6.07, 6.45) is 0. The summed E-state index contributed by atoms with van der Waals surface area (Å²) < 4.78 is 8.84. The highest BCUT2D eigenvalue weighted by Gasteiger charge is 2.22. The van der Waals surface area contributed by atoms with Crippen LogP contribution < -0.4 is 11.4 Å². The summed E-state index contributed by atoms with van der Waals surface area (Å²) in [5.74, 6) is 0.268. The van der Waals surface area contributed by atoms with Crippen LogP contribution >= 0.6 is 0 Å². The lowest BCUT2D eigenvalue weighted by Crippen LogP contribution is -2.33. The van der Waals surface area contributed by atoms with E-state index in [-0.39, 0.29) is 12.5 Å². The maximum atomic E-state index is 12.4. The van der Waals surface area contributed by atoms with E-state index < -0.39 is 11.4 Å². The highest BCUT2D eigenvalue weighted by molar-refractivity contribution is 5.54.